The Bertz CT molecular complexity index is 1020. The number of halogens is 1. The molecule has 1 aliphatic carbocycles. The van der Waals surface area contributed by atoms with Crippen LogP contribution in [0.15, 0.2) is 53.6 Å². The largest absolute Gasteiger partial charge is 0.496 e. The average molecular weight is 440 g/mol. The zero-order valence-electron chi connectivity index (χ0n) is 17.8. The molecular weight excluding hydrogens is 414 g/mol. The molecule has 0 saturated heterocycles. The molecule has 0 spiro atoms. The zero-order chi connectivity index (χ0) is 22.0. The van der Waals surface area contributed by atoms with Crippen molar-refractivity contribution in [2.75, 3.05) is 20.7 Å². The molecule has 2 aromatic carbocycles. The van der Waals surface area contributed by atoms with E-state index in [1.165, 1.54) is 9.91 Å². The number of methoxy groups -OCH3 is 1. The van der Waals surface area contributed by atoms with Gasteiger partial charge in [-0.25, -0.2) is 5.01 Å². The summed E-state index contributed by atoms with van der Waals surface area (Å²) in [6.45, 7) is -0.0136. The van der Waals surface area contributed by atoms with Crippen molar-refractivity contribution in [3.8, 4) is 5.75 Å². The van der Waals surface area contributed by atoms with E-state index in [2.05, 4.69) is 5.10 Å². The summed E-state index contributed by atoms with van der Waals surface area (Å²) in [4.78, 5) is 27.3. The maximum atomic E-state index is 13.3. The van der Waals surface area contributed by atoms with E-state index in [4.69, 9.17) is 16.3 Å². The molecule has 0 N–H and O–H groups in total. The number of nitrogens with zero attached hydrogens (tertiary/aromatic N) is 3. The van der Waals surface area contributed by atoms with E-state index in [1.807, 2.05) is 48.5 Å². The molecular formula is C24H26ClN3O3. The molecule has 2 aromatic rings. The number of ether oxygens (including phenoxy) is 1. The number of rotatable bonds is 6. The third kappa shape index (κ3) is 4.30. The third-order valence-corrected chi connectivity index (χ3v) is 6.38. The molecule has 1 heterocycles. The summed E-state index contributed by atoms with van der Waals surface area (Å²) in [5, 5.41) is 6.74. The van der Waals surface area contributed by atoms with E-state index in [0.717, 1.165) is 36.1 Å². The molecule has 7 heteroatoms. The lowest BCUT2D eigenvalue weighted by atomic mass is 9.84. The van der Waals surface area contributed by atoms with Gasteiger partial charge >= 0.3 is 0 Å². The second-order valence-electron chi connectivity index (χ2n) is 8.05. The van der Waals surface area contributed by atoms with Gasteiger partial charge in [0.2, 0.25) is 5.91 Å². The lowest BCUT2D eigenvalue weighted by Crippen LogP contribution is -2.42. The molecule has 162 valence electrons. The van der Waals surface area contributed by atoms with Crippen molar-refractivity contribution in [1.29, 1.82) is 0 Å². The fourth-order valence-electron chi connectivity index (χ4n) is 4.10. The Hall–Kier alpha value is -2.86. The minimum atomic E-state index is -0.331. The van der Waals surface area contributed by atoms with E-state index in [-0.39, 0.29) is 30.3 Å². The van der Waals surface area contributed by atoms with Gasteiger partial charge in [0.1, 0.15) is 12.3 Å². The number of likely N-dealkylation sites (N-methyl/N-ethyl adjacent to an activating group) is 1. The molecule has 1 fully saturated rings. The number of amides is 2. The second-order valence-corrected chi connectivity index (χ2v) is 8.46. The standard InChI is InChI=1S/C24H26ClN3O3/c1-27(24(30)16-8-7-9-16)15-23(29)28-21(18-11-4-6-13-22(18)31-2)14-20(26-28)17-10-3-5-12-19(17)25/h3-6,10-13,16,21H,7-9,14-15H2,1-2H3/t21-/m1/s1. The smallest absolute Gasteiger partial charge is 0.262 e. The summed E-state index contributed by atoms with van der Waals surface area (Å²) in [7, 11) is 3.30. The van der Waals surface area contributed by atoms with Gasteiger partial charge in [-0.15, -0.1) is 0 Å². The fourth-order valence-corrected chi connectivity index (χ4v) is 4.35. The summed E-state index contributed by atoms with van der Waals surface area (Å²) in [6, 6.07) is 14.8. The van der Waals surface area contributed by atoms with Gasteiger partial charge in [-0.3, -0.25) is 9.59 Å². The number of benzene rings is 2. The molecule has 6 nitrogen and oxygen atoms in total. The lowest BCUT2D eigenvalue weighted by Gasteiger charge is -2.30. The number of hydrogen-bond acceptors (Lipinski definition) is 4. The Morgan fingerprint density at radius 3 is 2.55 bits per heavy atom. The van der Waals surface area contributed by atoms with Crippen LogP contribution in [0.2, 0.25) is 5.02 Å². The maximum absolute atomic E-state index is 13.3. The minimum Gasteiger partial charge on any atom is -0.496 e. The number of para-hydroxylation sites is 1. The van der Waals surface area contributed by atoms with Gasteiger partial charge in [-0.05, 0) is 25.0 Å². The summed E-state index contributed by atoms with van der Waals surface area (Å²) >= 11 is 6.41. The molecule has 1 aliphatic heterocycles. The summed E-state index contributed by atoms with van der Waals surface area (Å²) in [5.41, 5.74) is 2.42. The molecule has 0 aromatic heterocycles. The van der Waals surface area contributed by atoms with E-state index >= 15 is 0 Å². The number of carbonyl (C=O) groups is 2. The highest BCUT2D eigenvalue weighted by Crippen LogP contribution is 2.38. The lowest BCUT2D eigenvalue weighted by molar-refractivity contribution is -0.144. The van der Waals surface area contributed by atoms with Crippen LogP contribution in [0.3, 0.4) is 0 Å². The van der Waals surface area contributed by atoms with Crippen LogP contribution < -0.4 is 4.74 Å². The van der Waals surface area contributed by atoms with Crippen molar-refractivity contribution in [1.82, 2.24) is 9.91 Å². The van der Waals surface area contributed by atoms with Crippen LogP contribution in [0.5, 0.6) is 5.75 Å². The Balaban J connectivity index is 1.63. The monoisotopic (exact) mass is 439 g/mol. The first-order valence-electron chi connectivity index (χ1n) is 10.5. The van der Waals surface area contributed by atoms with Gasteiger partial charge in [0.15, 0.2) is 0 Å². The molecule has 1 atom stereocenters. The quantitative estimate of drug-likeness (QED) is 0.674. The van der Waals surface area contributed by atoms with Gasteiger partial charge in [-0.1, -0.05) is 54.4 Å². The summed E-state index contributed by atoms with van der Waals surface area (Å²) in [5.74, 6) is 0.541. The van der Waals surface area contributed by atoms with E-state index in [9.17, 15) is 9.59 Å². The highest BCUT2D eigenvalue weighted by atomic mass is 35.5. The van der Waals surface area contributed by atoms with Crippen LogP contribution in [0, 0.1) is 5.92 Å². The van der Waals surface area contributed by atoms with Gasteiger partial charge in [0.05, 0.1) is 18.9 Å². The maximum Gasteiger partial charge on any atom is 0.262 e. The predicted octanol–water partition coefficient (Wildman–Crippen LogP) is 4.28. The van der Waals surface area contributed by atoms with Crippen LogP contribution in [0.1, 0.15) is 42.9 Å². The Morgan fingerprint density at radius 2 is 1.87 bits per heavy atom. The average Bonchev–Trinajstić information content (AvgIpc) is 3.17. The normalized spacial score (nSPS) is 18.4. The zero-order valence-corrected chi connectivity index (χ0v) is 18.5. The van der Waals surface area contributed by atoms with Crippen LogP contribution in [0.4, 0.5) is 0 Å². The first-order valence-corrected chi connectivity index (χ1v) is 10.9. The Labute approximate surface area is 187 Å². The predicted molar refractivity (Wildman–Crippen MR) is 120 cm³/mol. The second kappa shape index (κ2) is 9.10. The van der Waals surface area contributed by atoms with Crippen molar-refractivity contribution >= 4 is 29.1 Å². The van der Waals surface area contributed by atoms with Crippen molar-refractivity contribution in [3.05, 3.63) is 64.7 Å². The topological polar surface area (TPSA) is 62.2 Å². The first-order chi connectivity index (χ1) is 15.0. The first kappa shape index (κ1) is 21.4. The van der Waals surface area contributed by atoms with Crippen molar-refractivity contribution < 1.29 is 14.3 Å². The fraction of sp³-hybridized carbons (Fsp3) is 0.375. The summed E-state index contributed by atoms with van der Waals surface area (Å²) in [6.07, 6.45) is 3.39. The van der Waals surface area contributed by atoms with Crippen molar-refractivity contribution in [2.24, 2.45) is 11.0 Å². The number of hydrogen-bond donors (Lipinski definition) is 0. The highest BCUT2D eigenvalue weighted by Gasteiger charge is 2.36. The molecule has 1 saturated carbocycles. The number of carbonyl (C=O) groups excluding carboxylic acids is 2. The Morgan fingerprint density at radius 1 is 1.16 bits per heavy atom. The molecule has 31 heavy (non-hydrogen) atoms. The van der Waals surface area contributed by atoms with Crippen molar-refractivity contribution in [2.45, 2.75) is 31.7 Å². The third-order valence-electron chi connectivity index (χ3n) is 6.05. The van der Waals surface area contributed by atoms with Gasteiger partial charge in [0, 0.05) is 35.5 Å². The van der Waals surface area contributed by atoms with Gasteiger partial charge in [-0.2, -0.15) is 5.10 Å². The van der Waals surface area contributed by atoms with Crippen LogP contribution >= 0.6 is 11.6 Å². The molecule has 0 unspecified atom stereocenters. The van der Waals surface area contributed by atoms with Gasteiger partial charge < -0.3 is 9.64 Å². The highest BCUT2D eigenvalue weighted by molar-refractivity contribution is 6.34. The Kier molecular flexibility index (Phi) is 6.28. The van der Waals surface area contributed by atoms with E-state index < -0.39 is 0 Å². The molecule has 2 amide bonds. The van der Waals surface area contributed by atoms with Crippen LogP contribution in [-0.2, 0) is 9.59 Å². The molecule has 2 aliphatic rings. The van der Waals surface area contributed by atoms with Gasteiger partial charge in [0.25, 0.3) is 5.91 Å². The number of hydrazone groups is 1. The molecule has 0 radical (unpaired) electrons. The molecule has 4 rings (SSSR count). The SMILES string of the molecule is COc1ccccc1[C@H]1CC(c2ccccc2Cl)=NN1C(=O)CN(C)C(=O)C1CCC1. The molecule has 0 bridgehead atoms. The van der Waals surface area contributed by atoms with E-state index in [0.29, 0.717) is 17.2 Å². The summed E-state index contributed by atoms with van der Waals surface area (Å²) < 4.78 is 5.54. The minimum absolute atomic E-state index is 0.0136. The van der Waals surface area contributed by atoms with Crippen LogP contribution in [-0.4, -0.2) is 48.1 Å². The van der Waals surface area contributed by atoms with Crippen LogP contribution in [0.25, 0.3) is 0 Å². The van der Waals surface area contributed by atoms with E-state index in [1.54, 1.807) is 14.2 Å². The van der Waals surface area contributed by atoms with Crippen molar-refractivity contribution in [3.63, 3.8) is 0 Å².